The van der Waals surface area contributed by atoms with Gasteiger partial charge in [-0.15, -0.1) is 0 Å². The molecule has 1 aromatic rings. The van der Waals surface area contributed by atoms with Crippen LogP contribution in [0.5, 0.6) is 0 Å². The predicted molar refractivity (Wildman–Crippen MR) is 100 cm³/mol. The zero-order valence-electron chi connectivity index (χ0n) is 15.2. The van der Waals surface area contributed by atoms with Crippen molar-refractivity contribution >= 4 is 0 Å². The molecule has 1 saturated carbocycles. The molecule has 4 heteroatoms. The Labute approximate surface area is 151 Å². The van der Waals surface area contributed by atoms with Gasteiger partial charge in [0.25, 0.3) is 0 Å². The number of hydrogen-bond donors (Lipinski definition) is 2. The lowest BCUT2D eigenvalue weighted by molar-refractivity contribution is 0.0202. The molecule has 136 valence electrons. The molecule has 1 heterocycles. The van der Waals surface area contributed by atoms with Crippen LogP contribution in [0.4, 0.5) is 0 Å². The first-order chi connectivity index (χ1) is 12.2. The quantitative estimate of drug-likeness (QED) is 0.808. The average Bonchev–Trinajstić information content (AvgIpc) is 2.87. The summed E-state index contributed by atoms with van der Waals surface area (Å²) in [4.78, 5) is 2.49. The fourth-order valence-corrected chi connectivity index (χ4v) is 4.14. The molecule has 3 rings (SSSR count). The lowest BCUT2D eigenvalue weighted by Crippen LogP contribution is -2.48. The Balaban J connectivity index is 1.40. The van der Waals surface area contributed by atoms with Gasteiger partial charge in [-0.05, 0) is 56.5 Å². The van der Waals surface area contributed by atoms with Crippen molar-refractivity contribution in [2.75, 3.05) is 19.6 Å². The molecule has 0 spiro atoms. The number of likely N-dealkylation sites (tertiary alicyclic amines) is 1. The number of nitrogens with zero attached hydrogens (tertiary/aromatic N) is 2. The lowest BCUT2D eigenvalue weighted by atomic mass is 9.93. The molecular weight excluding hydrogens is 310 g/mol. The SMILES string of the molecule is N#Cc1ccc(CN2CCC(NCC3(O)CCCCCC3)CC2)cc1. The molecule has 1 aromatic carbocycles. The molecule has 0 aromatic heterocycles. The minimum atomic E-state index is -0.476. The summed E-state index contributed by atoms with van der Waals surface area (Å²) in [6, 6.07) is 10.6. The van der Waals surface area contributed by atoms with Crippen molar-refractivity contribution in [3.63, 3.8) is 0 Å². The molecule has 2 N–H and O–H groups in total. The Morgan fingerprint density at radius 1 is 1.08 bits per heavy atom. The number of aliphatic hydroxyl groups is 1. The van der Waals surface area contributed by atoms with E-state index in [0.717, 1.165) is 57.4 Å². The summed E-state index contributed by atoms with van der Waals surface area (Å²) in [6.45, 7) is 3.90. The fourth-order valence-electron chi connectivity index (χ4n) is 4.14. The molecule has 1 saturated heterocycles. The van der Waals surface area contributed by atoms with Gasteiger partial charge in [0.15, 0.2) is 0 Å². The minimum Gasteiger partial charge on any atom is -0.389 e. The summed E-state index contributed by atoms with van der Waals surface area (Å²) in [7, 11) is 0. The van der Waals surface area contributed by atoms with Gasteiger partial charge in [0.2, 0.25) is 0 Å². The second kappa shape index (κ2) is 8.80. The maximum atomic E-state index is 10.8. The van der Waals surface area contributed by atoms with E-state index in [2.05, 4.69) is 28.4 Å². The van der Waals surface area contributed by atoms with E-state index in [1.807, 2.05) is 12.1 Å². The largest absolute Gasteiger partial charge is 0.389 e. The van der Waals surface area contributed by atoms with Crippen molar-refractivity contribution in [3.05, 3.63) is 35.4 Å². The molecule has 0 unspecified atom stereocenters. The topological polar surface area (TPSA) is 59.3 Å². The highest BCUT2D eigenvalue weighted by Gasteiger charge is 2.29. The Hall–Kier alpha value is -1.41. The van der Waals surface area contributed by atoms with E-state index in [4.69, 9.17) is 5.26 Å². The lowest BCUT2D eigenvalue weighted by Gasteiger charge is -2.35. The van der Waals surface area contributed by atoms with E-state index in [1.165, 1.54) is 31.2 Å². The zero-order chi connectivity index (χ0) is 17.5. The van der Waals surface area contributed by atoms with Crippen LogP contribution in [0.25, 0.3) is 0 Å². The van der Waals surface area contributed by atoms with Gasteiger partial charge in [-0.25, -0.2) is 0 Å². The van der Waals surface area contributed by atoms with Crippen molar-refractivity contribution in [3.8, 4) is 6.07 Å². The van der Waals surface area contributed by atoms with Crippen molar-refractivity contribution in [2.45, 2.75) is 69.6 Å². The molecule has 25 heavy (non-hydrogen) atoms. The third-order valence-electron chi connectivity index (χ3n) is 5.83. The highest BCUT2D eigenvalue weighted by molar-refractivity contribution is 5.31. The Morgan fingerprint density at radius 2 is 1.72 bits per heavy atom. The standard InChI is InChI=1S/C21H31N3O/c22-15-18-5-7-19(8-6-18)16-24-13-9-20(10-14-24)23-17-21(25)11-3-1-2-4-12-21/h5-8,20,23,25H,1-4,9-14,16-17H2. The van der Waals surface area contributed by atoms with Crippen LogP contribution in [0.15, 0.2) is 24.3 Å². The molecule has 0 bridgehead atoms. The summed E-state index contributed by atoms with van der Waals surface area (Å²) in [5, 5.41) is 23.3. The number of hydrogen-bond acceptors (Lipinski definition) is 4. The van der Waals surface area contributed by atoms with Gasteiger partial charge in [0.1, 0.15) is 0 Å². The number of piperidine rings is 1. The first-order valence-electron chi connectivity index (χ1n) is 9.84. The van der Waals surface area contributed by atoms with Crippen LogP contribution in [-0.4, -0.2) is 41.3 Å². The summed E-state index contributed by atoms with van der Waals surface area (Å²) in [6.07, 6.45) is 9.09. The monoisotopic (exact) mass is 341 g/mol. The first-order valence-corrected chi connectivity index (χ1v) is 9.84. The summed E-state index contributed by atoms with van der Waals surface area (Å²) in [5.41, 5.74) is 1.53. The smallest absolute Gasteiger partial charge is 0.0991 e. The molecule has 2 fully saturated rings. The van der Waals surface area contributed by atoms with Gasteiger partial charge in [-0.1, -0.05) is 37.8 Å². The minimum absolute atomic E-state index is 0.476. The fraction of sp³-hybridized carbons (Fsp3) is 0.667. The highest BCUT2D eigenvalue weighted by Crippen LogP contribution is 2.27. The van der Waals surface area contributed by atoms with Crippen molar-refractivity contribution < 1.29 is 5.11 Å². The van der Waals surface area contributed by atoms with Gasteiger partial charge < -0.3 is 10.4 Å². The number of benzene rings is 1. The molecule has 0 radical (unpaired) electrons. The maximum Gasteiger partial charge on any atom is 0.0991 e. The maximum absolute atomic E-state index is 10.8. The van der Waals surface area contributed by atoms with E-state index in [9.17, 15) is 5.11 Å². The Morgan fingerprint density at radius 3 is 2.32 bits per heavy atom. The third kappa shape index (κ3) is 5.54. The van der Waals surface area contributed by atoms with Crippen molar-refractivity contribution in [1.29, 1.82) is 5.26 Å². The normalized spacial score (nSPS) is 22.2. The van der Waals surface area contributed by atoms with Crippen LogP contribution in [-0.2, 0) is 6.54 Å². The number of rotatable bonds is 5. The zero-order valence-corrected chi connectivity index (χ0v) is 15.2. The van der Waals surface area contributed by atoms with Gasteiger partial charge in [-0.3, -0.25) is 4.90 Å². The van der Waals surface area contributed by atoms with Crippen molar-refractivity contribution in [1.82, 2.24) is 10.2 Å². The number of nitriles is 1. The molecule has 1 aliphatic heterocycles. The molecule has 1 aliphatic carbocycles. The molecule has 0 atom stereocenters. The second-order valence-electron chi connectivity index (χ2n) is 7.88. The van der Waals surface area contributed by atoms with Crippen LogP contribution in [0.3, 0.4) is 0 Å². The van der Waals surface area contributed by atoms with Crippen molar-refractivity contribution in [2.24, 2.45) is 0 Å². The molecule has 4 nitrogen and oxygen atoms in total. The van der Waals surface area contributed by atoms with Gasteiger partial charge >= 0.3 is 0 Å². The van der Waals surface area contributed by atoms with Gasteiger partial charge in [-0.2, -0.15) is 5.26 Å². The van der Waals surface area contributed by atoms with Crippen LogP contribution in [0, 0.1) is 11.3 Å². The molecular formula is C21H31N3O. The van der Waals surface area contributed by atoms with E-state index in [0.29, 0.717) is 6.04 Å². The van der Waals surface area contributed by atoms with E-state index in [1.54, 1.807) is 0 Å². The average molecular weight is 341 g/mol. The first kappa shape index (κ1) is 18.4. The van der Waals surface area contributed by atoms with Gasteiger partial charge in [0.05, 0.1) is 17.2 Å². The van der Waals surface area contributed by atoms with Crippen LogP contribution < -0.4 is 5.32 Å². The predicted octanol–water partition coefficient (Wildman–Crippen LogP) is 3.20. The van der Waals surface area contributed by atoms with Crippen LogP contribution in [0.1, 0.15) is 62.5 Å². The molecule has 2 aliphatic rings. The molecule has 0 amide bonds. The highest BCUT2D eigenvalue weighted by atomic mass is 16.3. The number of nitrogens with one attached hydrogen (secondary N) is 1. The van der Waals surface area contributed by atoms with Crippen LogP contribution in [0.2, 0.25) is 0 Å². The summed E-state index contributed by atoms with van der Waals surface area (Å²) < 4.78 is 0. The van der Waals surface area contributed by atoms with Gasteiger partial charge in [0, 0.05) is 19.1 Å². The Kier molecular flexibility index (Phi) is 6.47. The van der Waals surface area contributed by atoms with E-state index < -0.39 is 5.60 Å². The Bertz CT molecular complexity index is 562. The third-order valence-corrected chi connectivity index (χ3v) is 5.83. The summed E-state index contributed by atoms with van der Waals surface area (Å²) >= 11 is 0. The van der Waals surface area contributed by atoms with E-state index >= 15 is 0 Å². The van der Waals surface area contributed by atoms with E-state index in [-0.39, 0.29) is 0 Å². The summed E-state index contributed by atoms with van der Waals surface area (Å²) in [5.74, 6) is 0. The second-order valence-corrected chi connectivity index (χ2v) is 7.88. The van der Waals surface area contributed by atoms with Crippen LogP contribution >= 0.6 is 0 Å².